The minimum absolute atomic E-state index is 0.0161. The van der Waals surface area contributed by atoms with Crippen molar-refractivity contribution in [2.45, 2.75) is 12.5 Å². The quantitative estimate of drug-likeness (QED) is 0.183. The Bertz CT molecular complexity index is 1600. The molecule has 40 heavy (non-hydrogen) atoms. The topological polar surface area (TPSA) is 104 Å². The third-order valence-corrected chi connectivity index (χ3v) is 6.63. The highest BCUT2D eigenvalue weighted by Gasteiger charge is 2.31. The number of allylic oxidation sites excluding steroid dienone is 1. The van der Waals surface area contributed by atoms with Crippen LogP contribution >= 0.6 is 23.2 Å². The number of nitrogens with zero attached hydrogens (tertiary/aromatic N) is 1. The fraction of sp³-hybridized carbons (Fsp3) is 0.0968. The zero-order valence-electron chi connectivity index (χ0n) is 21.0. The van der Waals surface area contributed by atoms with Crippen molar-refractivity contribution in [1.82, 2.24) is 0 Å². The van der Waals surface area contributed by atoms with Gasteiger partial charge < -0.3 is 24.7 Å². The second-order valence-corrected chi connectivity index (χ2v) is 9.70. The zero-order chi connectivity index (χ0) is 28.1. The SMILES string of the molecule is N#CC1=C(N)Oc2cc(OC(=O)COc3ccc(Cl)cc3)ccc2C1c1ccc(OCc2ccc(Cl)cc2)cc1. The van der Waals surface area contributed by atoms with E-state index >= 15 is 0 Å². The molecule has 0 amide bonds. The number of carbonyl (C=O) groups is 1. The molecular formula is C31H22Cl2N2O5. The van der Waals surface area contributed by atoms with Gasteiger partial charge in [-0.25, -0.2) is 4.79 Å². The Morgan fingerprint density at radius 2 is 1.45 bits per heavy atom. The van der Waals surface area contributed by atoms with Gasteiger partial charge in [-0.2, -0.15) is 5.26 Å². The van der Waals surface area contributed by atoms with Crippen LogP contribution in [-0.4, -0.2) is 12.6 Å². The van der Waals surface area contributed by atoms with Gasteiger partial charge in [-0.1, -0.05) is 53.5 Å². The fourth-order valence-electron chi connectivity index (χ4n) is 4.18. The molecule has 0 saturated carbocycles. The van der Waals surface area contributed by atoms with Crippen LogP contribution in [0.25, 0.3) is 0 Å². The van der Waals surface area contributed by atoms with E-state index in [1.807, 2.05) is 48.5 Å². The van der Waals surface area contributed by atoms with Crippen LogP contribution in [0.2, 0.25) is 10.0 Å². The van der Waals surface area contributed by atoms with E-state index in [9.17, 15) is 10.1 Å². The number of rotatable bonds is 8. The molecule has 0 bridgehead atoms. The Kier molecular flexibility index (Phi) is 8.11. The summed E-state index contributed by atoms with van der Waals surface area (Å²) in [5, 5.41) is 11.1. The Balaban J connectivity index is 1.29. The smallest absolute Gasteiger partial charge is 0.349 e. The van der Waals surface area contributed by atoms with Crippen molar-refractivity contribution in [3.63, 3.8) is 0 Å². The lowest BCUT2D eigenvalue weighted by Crippen LogP contribution is -2.21. The number of ether oxygens (including phenoxy) is 4. The molecule has 0 fully saturated rings. The number of halogens is 2. The highest BCUT2D eigenvalue weighted by Crippen LogP contribution is 2.43. The van der Waals surface area contributed by atoms with Gasteiger partial charge >= 0.3 is 5.97 Å². The van der Waals surface area contributed by atoms with Crippen molar-refractivity contribution >= 4 is 29.2 Å². The van der Waals surface area contributed by atoms with Crippen molar-refractivity contribution < 1.29 is 23.7 Å². The minimum atomic E-state index is -0.599. The van der Waals surface area contributed by atoms with Crippen LogP contribution in [0.15, 0.2) is 102 Å². The Labute approximate surface area is 240 Å². The van der Waals surface area contributed by atoms with Crippen LogP contribution in [0.4, 0.5) is 0 Å². The number of fused-ring (bicyclic) bond motifs is 1. The van der Waals surface area contributed by atoms with Gasteiger partial charge in [0.25, 0.3) is 0 Å². The van der Waals surface area contributed by atoms with Crippen LogP contribution in [-0.2, 0) is 11.4 Å². The number of benzene rings is 4. The molecule has 1 aliphatic rings. The summed E-state index contributed by atoms with van der Waals surface area (Å²) >= 11 is 11.8. The summed E-state index contributed by atoms with van der Waals surface area (Å²) in [7, 11) is 0. The Hall–Kier alpha value is -4.64. The van der Waals surface area contributed by atoms with Gasteiger partial charge in [0.2, 0.25) is 5.88 Å². The molecule has 4 aromatic rings. The average Bonchev–Trinajstić information content (AvgIpc) is 2.96. The molecule has 1 atom stereocenters. The molecule has 1 aliphatic heterocycles. The molecule has 5 rings (SSSR count). The van der Waals surface area contributed by atoms with E-state index in [1.54, 1.807) is 42.5 Å². The molecule has 1 heterocycles. The van der Waals surface area contributed by atoms with Gasteiger partial charge in [0.05, 0.1) is 5.92 Å². The lowest BCUT2D eigenvalue weighted by molar-refractivity contribution is -0.136. The van der Waals surface area contributed by atoms with Crippen molar-refractivity contribution in [3.05, 3.63) is 129 Å². The van der Waals surface area contributed by atoms with Gasteiger partial charge in [0, 0.05) is 21.7 Å². The van der Waals surface area contributed by atoms with Crippen molar-refractivity contribution in [1.29, 1.82) is 5.26 Å². The molecular weight excluding hydrogens is 551 g/mol. The summed E-state index contributed by atoms with van der Waals surface area (Å²) < 4.78 is 22.5. The molecule has 0 spiro atoms. The zero-order valence-corrected chi connectivity index (χ0v) is 22.5. The summed E-state index contributed by atoms with van der Waals surface area (Å²) in [5.74, 6) is 0.702. The van der Waals surface area contributed by atoms with Gasteiger partial charge in [0.1, 0.15) is 41.2 Å². The molecule has 0 aromatic heterocycles. The maximum Gasteiger partial charge on any atom is 0.349 e. The fourth-order valence-corrected chi connectivity index (χ4v) is 4.43. The van der Waals surface area contributed by atoms with Gasteiger partial charge in [-0.05, 0) is 65.7 Å². The van der Waals surface area contributed by atoms with Crippen LogP contribution in [0.1, 0.15) is 22.6 Å². The van der Waals surface area contributed by atoms with E-state index in [1.165, 1.54) is 0 Å². The van der Waals surface area contributed by atoms with Crippen LogP contribution < -0.4 is 24.7 Å². The largest absolute Gasteiger partial charge is 0.489 e. The number of hydrogen-bond acceptors (Lipinski definition) is 7. The van der Waals surface area contributed by atoms with E-state index in [4.69, 9.17) is 47.9 Å². The summed E-state index contributed by atoms with van der Waals surface area (Å²) in [5.41, 5.74) is 8.92. The first-order chi connectivity index (χ1) is 19.4. The standard InChI is InChI=1S/C31H22Cl2N2O5/c32-21-5-1-19(2-6-21)17-37-23-9-3-20(4-10-23)30-26-14-13-25(15-28(26)40-31(35)27(30)16-34)39-29(36)18-38-24-11-7-22(33)8-12-24/h1-15,30H,17-18,35H2. The Morgan fingerprint density at radius 3 is 2.12 bits per heavy atom. The second kappa shape index (κ2) is 12.0. The number of carbonyl (C=O) groups excluding carboxylic acids is 1. The molecule has 0 saturated heterocycles. The molecule has 9 heteroatoms. The minimum Gasteiger partial charge on any atom is -0.489 e. The monoisotopic (exact) mass is 572 g/mol. The number of nitriles is 1. The maximum absolute atomic E-state index is 12.4. The van der Waals surface area contributed by atoms with Crippen molar-refractivity contribution in [2.24, 2.45) is 5.73 Å². The van der Waals surface area contributed by atoms with Gasteiger partial charge in [-0.3, -0.25) is 0 Å². The molecule has 0 radical (unpaired) electrons. The highest BCUT2D eigenvalue weighted by atomic mass is 35.5. The normalized spacial score (nSPS) is 14.0. The predicted octanol–water partition coefficient (Wildman–Crippen LogP) is 6.77. The third-order valence-electron chi connectivity index (χ3n) is 6.12. The maximum atomic E-state index is 12.4. The third kappa shape index (κ3) is 6.32. The van der Waals surface area contributed by atoms with Gasteiger partial charge in [-0.15, -0.1) is 0 Å². The van der Waals surface area contributed by atoms with Crippen LogP contribution in [0.3, 0.4) is 0 Å². The van der Waals surface area contributed by atoms with Gasteiger partial charge in [0.15, 0.2) is 6.61 Å². The molecule has 7 nitrogen and oxygen atoms in total. The van der Waals surface area contributed by atoms with Crippen molar-refractivity contribution in [3.8, 4) is 29.1 Å². The molecule has 2 N–H and O–H groups in total. The highest BCUT2D eigenvalue weighted by molar-refractivity contribution is 6.30. The first kappa shape index (κ1) is 26.9. The van der Waals surface area contributed by atoms with E-state index in [0.717, 1.165) is 11.1 Å². The van der Waals surface area contributed by atoms with E-state index in [0.29, 0.717) is 39.5 Å². The van der Waals surface area contributed by atoms with E-state index in [-0.39, 0.29) is 23.8 Å². The van der Waals surface area contributed by atoms with E-state index < -0.39 is 11.9 Å². The van der Waals surface area contributed by atoms with Crippen molar-refractivity contribution in [2.75, 3.05) is 6.61 Å². The summed E-state index contributed by atoms with van der Waals surface area (Å²) in [6, 6.07) is 28.6. The lowest BCUT2D eigenvalue weighted by atomic mass is 9.83. The predicted molar refractivity (Wildman–Crippen MR) is 151 cm³/mol. The molecule has 4 aromatic carbocycles. The molecule has 200 valence electrons. The lowest BCUT2D eigenvalue weighted by Gasteiger charge is -2.26. The van der Waals surface area contributed by atoms with Crippen LogP contribution in [0, 0.1) is 11.3 Å². The first-order valence-corrected chi connectivity index (χ1v) is 12.9. The summed E-state index contributed by atoms with van der Waals surface area (Å²) in [4.78, 5) is 12.4. The first-order valence-electron chi connectivity index (χ1n) is 12.2. The molecule has 1 unspecified atom stereocenters. The number of esters is 1. The summed E-state index contributed by atoms with van der Waals surface area (Å²) in [6.45, 7) is 0.0917. The molecule has 0 aliphatic carbocycles. The Morgan fingerprint density at radius 1 is 0.850 bits per heavy atom. The summed E-state index contributed by atoms with van der Waals surface area (Å²) in [6.07, 6.45) is 0. The number of hydrogen-bond donors (Lipinski definition) is 1. The number of nitrogens with two attached hydrogens (primary N) is 1. The second-order valence-electron chi connectivity index (χ2n) is 8.83. The van der Waals surface area contributed by atoms with Crippen LogP contribution in [0.5, 0.6) is 23.0 Å². The average molecular weight is 573 g/mol. The van der Waals surface area contributed by atoms with E-state index in [2.05, 4.69) is 6.07 Å².